The Morgan fingerprint density at radius 2 is 1.06 bits per heavy atom. The lowest BCUT2D eigenvalue weighted by Gasteiger charge is -2.32. The molecule has 1 aliphatic rings. The molecule has 0 saturated carbocycles. The fraction of sp³-hybridized carbons (Fsp3) is 0.0312. The van der Waals surface area contributed by atoms with E-state index in [0.717, 1.165) is 5.69 Å². The number of aryl methyl sites for hydroxylation is 1. The van der Waals surface area contributed by atoms with Crippen LogP contribution in [-0.4, -0.2) is 13.1 Å². The molecule has 0 saturated heterocycles. The summed E-state index contributed by atoms with van der Waals surface area (Å²) in [5, 5.41) is 11.0. The van der Waals surface area contributed by atoms with Crippen molar-refractivity contribution in [3.05, 3.63) is 127 Å². The molecule has 0 atom stereocenters. The summed E-state index contributed by atoms with van der Waals surface area (Å²) in [5.74, 6) is 0. The van der Waals surface area contributed by atoms with Crippen molar-refractivity contribution in [2.45, 2.75) is 6.92 Å². The highest BCUT2D eigenvalue weighted by molar-refractivity contribution is 7.23. The van der Waals surface area contributed by atoms with Gasteiger partial charge in [-0.2, -0.15) is 0 Å². The summed E-state index contributed by atoms with van der Waals surface area (Å²) in [5.41, 5.74) is 3.69. The Labute approximate surface area is 200 Å². The average Bonchev–Trinajstić information content (AvgIpc) is 3.21. The molecule has 0 amide bonds. The second-order valence-corrected chi connectivity index (χ2v) is 12.9. The van der Waals surface area contributed by atoms with E-state index < -0.39 is 8.07 Å². The largest absolute Gasteiger partial charge is 0.256 e. The lowest BCUT2D eigenvalue weighted by molar-refractivity contribution is 1.30. The molecule has 6 aromatic rings. The maximum absolute atomic E-state index is 5.14. The SMILES string of the molecule is Cc1cnc2c(c1)[Si](c1ccccc1)(c1ccccc1)c1c-2c2ccccc2c2ccccc12. The number of rotatable bonds is 2. The van der Waals surface area contributed by atoms with Crippen LogP contribution in [-0.2, 0) is 0 Å². The predicted octanol–water partition coefficient (Wildman–Crippen LogP) is 5.05. The second-order valence-electron chi connectivity index (χ2n) is 9.23. The van der Waals surface area contributed by atoms with Gasteiger partial charge in [-0.3, -0.25) is 4.98 Å². The third kappa shape index (κ3) is 2.46. The molecule has 0 radical (unpaired) electrons. The summed E-state index contributed by atoms with van der Waals surface area (Å²) >= 11 is 0. The summed E-state index contributed by atoms with van der Waals surface area (Å²) in [6.45, 7) is 2.17. The highest BCUT2D eigenvalue weighted by Gasteiger charge is 2.51. The van der Waals surface area contributed by atoms with E-state index in [4.69, 9.17) is 4.98 Å². The molecule has 5 aromatic carbocycles. The van der Waals surface area contributed by atoms with Crippen molar-refractivity contribution in [1.82, 2.24) is 4.98 Å². The number of pyridine rings is 1. The van der Waals surface area contributed by atoms with Gasteiger partial charge in [-0.1, -0.05) is 115 Å². The van der Waals surface area contributed by atoms with Crippen LogP contribution in [0.15, 0.2) is 121 Å². The first-order valence-corrected chi connectivity index (χ1v) is 13.8. The first-order chi connectivity index (χ1) is 16.8. The summed E-state index contributed by atoms with van der Waals surface area (Å²) in [6, 6.07) is 42.6. The van der Waals surface area contributed by atoms with Gasteiger partial charge in [0.15, 0.2) is 8.07 Å². The van der Waals surface area contributed by atoms with Gasteiger partial charge in [-0.15, -0.1) is 0 Å². The van der Waals surface area contributed by atoms with Crippen molar-refractivity contribution in [2.24, 2.45) is 0 Å². The van der Waals surface area contributed by atoms with E-state index >= 15 is 0 Å². The first kappa shape index (κ1) is 19.5. The molecule has 0 spiro atoms. The maximum atomic E-state index is 5.14. The van der Waals surface area contributed by atoms with Gasteiger partial charge in [0.25, 0.3) is 0 Å². The van der Waals surface area contributed by atoms with E-state index in [0.29, 0.717) is 0 Å². The third-order valence-electron chi connectivity index (χ3n) is 7.39. The number of fused-ring (bicyclic) bond motifs is 8. The average molecular weight is 450 g/mol. The highest BCUT2D eigenvalue weighted by atomic mass is 28.3. The molecule has 1 aromatic heterocycles. The van der Waals surface area contributed by atoms with E-state index in [2.05, 4.69) is 122 Å². The van der Waals surface area contributed by atoms with Crippen molar-refractivity contribution in [2.75, 3.05) is 0 Å². The highest BCUT2D eigenvalue weighted by Crippen LogP contribution is 2.38. The molecule has 0 fully saturated rings. The standard InChI is InChI=1S/C32H23NSi/c1-22-20-29-31(33-21-22)30-27-18-10-8-16-25(27)26-17-9-11-19-28(26)32(30)34(29,23-12-4-2-5-13-23)24-14-6-3-7-15-24/h2-21H,1H3. The molecule has 160 valence electrons. The Bertz CT molecular complexity index is 1670. The molecular weight excluding hydrogens is 426 g/mol. The van der Waals surface area contributed by atoms with Crippen LogP contribution in [0.5, 0.6) is 0 Å². The van der Waals surface area contributed by atoms with Crippen LogP contribution >= 0.6 is 0 Å². The molecule has 34 heavy (non-hydrogen) atoms. The Kier molecular flexibility index (Phi) is 4.14. The van der Waals surface area contributed by atoms with Crippen LogP contribution in [0.2, 0.25) is 0 Å². The molecule has 7 rings (SSSR count). The number of nitrogens with zero attached hydrogens (tertiary/aromatic N) is 1. The summed E-state index contributed by atoms with van der Waals surface area (Å²) in [7, 11) is -2.60. The third-order valence-corrected chi connectivity index (χ3v) is 12.2. The van der Waals surface area contributed by atoms with Gasteiger partial charge in [0, 0.05) is 11.8 Å². The van der Waals surface area contributed by atoms with Crippen LogP contribution in [0.4, 0.5) is 0 Å². The molecule has 0 aliphatic carbocycles. The minimum Gasteiger partial charge on any atom is -0.256 e. The molecule has 0 unspecified atom stereocenters. The van der Waals surface area contributed by atoms with Gasteiger partial charge in [0.05, 0.1) is 5.69 Å². The van der Waals surface area contributed by atoms with E-state index in [1.54, 1.807) is 0 Å². The maximum Gasteiger partial charge on any atom is 0.183 e. The van der Waals surface area contributed by atoms with Crippen molar-refractivity contribution < 1.29 is 0 Å². The van der Waals surface area contributed by atoms with E-state index in [1.165, 1.54) is 53.4 Å². The molecule has 1 nitrogen and oxygen atoms in total. The molecule has 0 N–H and O–H groups in total. The molecule has 0 bridgehead atoms. The van der Waals surface area contributed by atoms with E-state index in [9.17, 15) is 0 Å². The number of aromatic nitrogens is 1. The zero-order valence-electron chi connectivity index (χ0n) is 19.0. The van der Waals surface area contributed by atoms with Gasteiger partial charge >= 0.3 is 0 Å². The van der Waals surface area contributed by atoms with Crippen LogP contribution in [0.1, 0.15) is 5.56 Å². The number of benzene rings is 5. The Hall–Kier alpha value is -4.01. The minimum atomic E-state index is -2.60. The smallest absolute Gasteiger partial charge is 0.183 e. The predicted molar refractivity (Wildman–Crippen MR) is 147 cm³/mol. The summed E-state index contributed by atoms with van der Waals surface area (Å²) < 4.78 is 0. The van der Waals surface area contributed by atoms with Gasteiger partial charge < -0.3 is 0 Å². The fourth-order valence-corrected chi connectivity index (χ4v) is 11.5. The van der Waals surface area contributed by atoms with Crippen LogP contribution in [0.25, 0.3) is 32.8 Å². The molecule has 2 heteroatoms. The van der Waals surface area contributed by atoms with Crippen LogP contribution < -0.4 is 20.7 Å². The lowest BCUT2D eigenvalue weighted by atomic mass is 9.95. The van der Waals surface area contributed by atoms with E-state index in [1.807, 2.05) is 6.20 Å². The second kappa shape index (κ2) is 7.24. The van der Waals surface area contributed by atoms with Gasteiger partial charge in [0.1, 0.15) is 0 Å². The van der Waals surface area contributed by atoms with Gasteiger partial charge in [-0.25, -0.2) is 0 Å². The van der Waals surface area contributed by atoms with Gasteiger partial charge in [0.2, 0.25) is 0 Å². The monoisotopic (exact) mass is 449 g/mol. The normalized spacial score (nSPS) is 13.7. The van der Waals surface area contributed by atoms with Crippen LogP contribution in [0.3, 0.4) is 0 Å². The number of hydrogen-bond acceptors (Lipinski definition) is 1. The van der Waals surface area contributed by atoms with Crippen LogP contribution in [0, 0.1) is 6.92 Å². The minimum absolute atomic E-state index is 1.15. The van der Waals surface area contributed by atoms with E-state index in [-0.39, 0.29) is 0 Å². The lowest BCUT2D eigenvalue weighted by Crippen LogP contribution is -2.73. The zero-order chi connectivity index (χ0) is 22.7. The molecule has 1 aliphatic heterocycles. The summed E-state index contributed by atoms with van der Waals surface area (Å²) in [6.07, 6.45) is 2.03. The Morgan fingerprint density at radius 1 is 0.559 bits per heavy atom. The Morgan fingerprint density at radius 3 is 1.68 bits per heavy atom. The van der Waals surface area contributed by atoms with Crippen molar-refractivity contribution in [3.8, 4) is 11.3 Å². The summed E-state index contributed by atoms with van der Waals surface area (Å²) in [4.78, 5) is 5.14. The van der Waals surface area contributed by atoms with Crippen molar-refractivity contribution in [1.29, 1.82) is 0 Å². The molecule has 2 heterocycles. The fourth-order valence-electron chi connectivity index (χ4n) is 6.11. The van der Waals surface area contributed by atoms with Gasteiger partial charge in [-0.05, 0) is 54.8 Å². The first-order valence-electron chi connectivity index (χ1n) is 11.8. The van der Waals surface area contributed by atoms with Crippen molar-refractivity contribution >= 4 is 50.4 Å². The molecular formula is C32H23NSi. The Balaban J connectivity index is 1.82. The quantitative estimate of drug-likeness (QED) is 0.266. The topological polar surface area (TPSA) is 12.9 Å². The van der Waals surface area contributed by atoms with Crippen molar-refractivity contribution in [3.63, 3.8) is 0 Å². The zero-order valence-corrected chi connectivity index (χ0v) is 20.0. The number of hydrogen-bond donors (Lipinski definition) is 0.